The Hall–Kier alpha value is -0.350. The third-order valence-electron chi connectivity index (χ3n) is 2.66. The quantitative estimate of drug-likeness (QED) is 0.769. The molecule has 0 aliphatic heterocycles. The minimum atomic E-state index is -0.601. The number of hydrogen-bond acceptors (Lipinski definition) is 1. The van der Waals surface area contributed by atoms with Gasteiger partial charge in [0, 0.05) is 26.0 Å². The summed E-state index contributed by atoms with van der Waals surface area (Å²) in [6.45, 7) is 0. The van der Waals surface area contributed by atoms with Crippen molar-refractivity contribution >= 4 is 43.5 Å². The number of aliphatic hydroxyl groups is 1. The van der Waals surface area contributed by atoms with E-state index in [2.05, 4.69) is 31.9 Å². The van der Waals surface area contributed by atoms with Crippen molar-refractivity contribution in [2.75, 3.05) is 0 Å². The zero-order valence-corrected chi connectivity index (χ0v) is 13.3. The Bertz CT molecular complexity index is 540. The van der Waals surface area contributed by atoms with Crippen LogP contribution in [0.15, 0.2) is 51.4 Å². The molecule has 0 fully saturated rings. The molecular weight excluding hydrogens is 379 g/mol. The van der Waals surface area contributed by atoms with Crippen LogP contribution in [-0.4, -0.2) is 5.11 Å². The van der Waals surface area contributed by atoms with Crippen LogP contribution in [0.2, 0.25) is 5.02 Å². The molecule has 2 aromatic rings. The molecule has 0 aliphatic rings. The zero-order valence-electron chi connectivity index (χ0n) is 9.41. The summed E-state index contributed by atoms with van der Waals surface area (Å²) in [6.07, 6.45) is -0.0557. The summed E-state index contributed by atoms with van der Waals surface area (Å²) in [5, 5.41) is 10.8. The topological polar surface area (TPSA) is 20.2 Å². The standard InChI is InChI=1S/C14H11Br2ClO/c15-10-3-1-9(2-4-10)7-14(18)12-8-11(16)5-6-13(12)17/h1-6,8,14,18H,7H2. The highest BCUT2D eigenvalue weighted by molar-refractivity contribution is 9.10. The highest BCUT2D eigenvalue weighted by Crippen LogP contribution is 2.28. The molecule has 0 spiro atoms. The van der Waals surface area contributed by atoms with Gasteiger partial charge >= 0.3 is 0 Å². The van der Waals surface area contributed by atoms with Gasteiger partial charge in [0.1, 0.15) is 0 Å². The van der Waals surface area contributed by atoms with Gasteiger partial charge in [-0.05, 0) is 35.9 Å². The first kappa shape index (κ1) is 14.1. The SMILES string of the molecule is OC(Cc1ccc(Br)cc1)c1cc(Br)ccc1Cl. The molecule has 0 saturated heterocycles. The van der Waals surface area contributed by atoms with Crippen molar-refractivity contribution in [3.8, 4) is 0 Å². The molecule has 18 heavy (non-hydrogen) atoms. The van der Waals surface area contributed by atoms with E-state index in [0.29, 0.717) is 11.4 Å². The van der Waals surface area contributed by atoms with Gasteiger partial charge in [-0.3, -0.25) is 0 Å². The van der Waals surface area contributed by atoms with Crippen molar-refractivity contribution in [1.82, 2.24) is 0 Å². The molecule has 0 aliphatic carbocycles. The predicted molar refractivity (Wildman–Crippen MR) is 82.0 cm³/mol. The summed E-state index contributed by atoms with van der Waals surface area (Å²) in [6, 6.07) is 13.4. The molecular formula is C14H11Br2ClO. The molecule has 0 aromatic heterocycles. The van der Waals surface area contributed by atoms with Crippen LogP contribution in [-0.2, 0) is 6.42 Å². The smallest absolute Gasteiger partial charge is 0.0845 e. The van der Waals surface area contributed by atoms with E-state index >= 15 is 0 Å². The first-order valence-electron chi connectivity index (χ1n) is 5.44. The Labute approximate surface area is 128 Å². The van der Waals surface area contributed by atoms with Crippen LogP contribution < -0.4 is 0 Å². The van der Waals surface area contributed by atoms with Crippen molar-refractivity contribution < 1.29 is 5.11 Å². The largest absolute Gasteiger partial charge is 0.388 e. The Morgan fingerprint density at radius 3 is 2.28 bits per heavy atom. The van der Waals surface area contributed by atoms with Gasteiger partial charge in [0.2, 0.25) is 0 Å². The number of aliphatic hydroxyl groups excluding tert-OH is 1. The number of benzene rings is 2. The van der Waals surface area contributed by atoms with Crippen molar-refractivity contribution in [1.29, 1.82) is 0 Å². The van der Waals surface area contributed by atoms with Gasteiger partial charge in [0.15, 0.2) is 0 Å². The summed E-state index contributed by atoms with van der Waals surface area (Å²) in [5.41, 5.74) is 1.82. The normalized spacial score (nSPS) is 12.4. The molecule has 94 valence electrons. The lowest BCUT2D eigenvalue weighted by molar-refractivity contribution is 0.178. The molecule has 0 heterocycles. The van der Waals surface area contributed by atoms with Gasteiger partial charge in [-0.15, -0.1) is 0 Å². The third-order valence-corrected chi connectivity index (χ3v) is 4.03. The Morgan fingerprint density at radius 1 is 1.00 bits per heavy atom. The molecule has 1 unspecified atom stereocenters. The maximum atomic E-state index is 10.2. The summed E-state index contributed by atoms with van der Waals surface area (Å²) in [5.74, 6) is 0. The van der Waals surface area contributed by atoms with Crippen molar-refractivity contribution in [3.05, 3.63) is 67.6 Å². The second-order valence-corrected chi connectivity index (χ2v) is 6.25. The lowest BCUT2D eigenvalue weighted by atomic mass is 10.0. The summed E-state index contributed by atoms with van der Waals surface area (Å²) < 4.78 is 1.94. The van der Waals surface area contributed by atoms with Gasteiger partial charge in [-0.2, -0.15) is 0 Å². The monoisotopic (exact) mass is 388 g/mol. The van der Waals surface area contributed by atoms with Crippen LogP contribution in [0.25, 0.3) is 0 Å². The van der Waals surface area contributed by atoms with E-state index in [9.17, 15) is 5.11 Å². The van der Waals surface area contributed by atoms with Crippen molar-refractivity contribution in [2.45, 2.75) is 12.5 Å². The van der Waals surface area contributed by atoms with E-state index < -0.39 is 6.10 Å². The van der Waals surface area contributed by atoms with Crippen molar-refractivity contribution in [2.24, 2.45) is 0 Å². The molecule has 0 amide bonds. The lowest BCUT2D eigenvalue weighted by Gasteiger charge is -2.13. The Morgan fingerprint density at radius 2 is 1.61 bits per heavy atom. The van der Waals surface area contributed by atoms with E-state index in [1.54, 1.807) is 6.07 Å². The fraction of sp³-hybridized carbons (Fsp3) is 0.143. The van der Waals surface area contributed by atoms with Crippen LogP contribution in [0.3, 0.4) is 0 Å². The first-order chi connectivity index (χ1) is 8.56. The van der Waals surface area contributed by atoms with Crippen LogP contribution >= 0.6 is 43.5 Å². The average Bonchev–Trinajstić information content (AvgIpc) is 2.35. The zero-order chi connectivity index (χ0) is 13.1. The second-order valence-electron chi connectivity index (χ2n) is 4.01. The molecule has 0 radical (unpaired) electrons. The molecule has 1 nitrogen and oxygen atoms in total. The molecule has 0 saturated carbocycles. The first-order valence-corrected chi connectivity index (χ1v) is 7.40. The molecule has 1 atom stereocenters. The van der Waals surface area contributed by atoms with Gasteiger partial charge in [0.05, 0.1) is 6.10 Å². The molecule has 2 rings (SSSR count). The summed E-state index contributed by atoms with van der Waals surface area (Å²) >= 11 is 12.9. The van der Waals surface area contributed by atoms with Crippen LogP contribution in [0, 0.1) is 0 Å². The van der Waals surface area contributed by atoms with Gasteiger partial charge in [0.25, 0.3) is 0 Å². The fourth-order valence-electron chi connectivity index (χ4n) is 1.72. The third kappa shape index (κ3) is 3.58. The van der Waals surface area contributed by atoms with Gasteiger partial charge in [-0.25, -0.2) is 0 Å². The maximum Gasteiger partial charge on any atom is 0.0845 e. The number of rotatable bonds is 3. The van der Waals surface area contributed by atoms with E-state index in [1.807, 2.05) is 36.4 Å². The minimum Gasteiger partial charge on any atom is -0.388 e. The number of halogens is 3. The van der Waals surface area contributed by atoms with Crippen LogP contribution in [0.1, 0.15) is 17.2 Å². The van der Waals surface area contributed by atoms with Gasteiger partial charge < -0.3 is 5.11 Å². The molecule has 0 bridgehead atoms. The van der Waals surface area contributed by atoms with E-state index in [1.165, 1.54) is 0 Å². The fourth-order valence-corrected chi connectivity index (χ4v) is 2.61. The minimum absolute atomic E-state index is 0.545. The van der Waals surface area contributed by atoms with Crippen LogP contribution in [0.4, 0.5) is 0 Å². The van der Waals surface area contributed by atoms with E-state index in [-0.39, 0.29) is 0 Å². The second kappa shape index (κ2) is 6.20. The lowest BCUT2D eigenvalue weighted by Crippen LogP contribution is -2.02. The van der Waals surface area contributed by atoms with Gasteiger partial charge in [-0.1, -0.05) is 55.6 Å². The molecule has 2 aromatic carbocycles. The van der Waals surface area contributed by atoms with E-state index in [0.717, 1.165) is 20.1 Å². The molecule has 1 N–H and O–H groups in total. The Kier molecular flexibility index (Phi) is 4.84. The summed E-state index contributed by atoms with van der Waals surface area (Å²) in [7, 11) is 0. The van der Waals surface area contributed by atoms with Crippen LogP contribution in [0.5, 0.6) is 0 Å². The molecule has 4 heteroatoms. The Balaban J connectivity index is 2.18. The maximum absolute atomic E-state index is 10.2. The van der Waals surface area contributed by atoms with Crippen molar-refractivity contribution in [3.63, 3.8) is 0 Å². The summed E-state index contributed by atoms with van der Waals surface area (Å²) in [4.78, 5) is 0. The highest BCUT2D eigenvalue weighted by Gasteiger charge is 2.12. The predicted octanol–water partition coefficient (Wildman–Crippen LogP) is 5.14. The average molecular weight is 391 g/mol. The van der Waals surface area contributed by atoms with E-state index in [4.69, 9.17) is 11.6 Å². The highest BCUT2D eigenvalue weighted by atomic mass is 79.9. The number of hydrogen-bond donors (Lipinski definition) is 1.